The molecule has 106 valence electrons. The zero-order valence-corrected chi connectivity index (χ0v) is 12.6. The Balaban J connectivity index is 2.06. The number of aromatic nitrogens is 2. The standard InChI is InChI=1S/C14H23N3OS/c1-3-15-12-10-13(17-14(16-12)19-2)18-11-8-6-4-5-7-9-11/h10-11H,3-9H2,1-2H3,(H,15,16,17). The molecule has 0 aromatic carbocycles. The van der Waals surface area contributed by atoms with Gasteiger partial charge in [0.05, 0.1) is 0 Å². The lowest BCUT2D eigenvalue weighted by molar-refractivity contribution is 0.174. The summed E-state index contributed by atoms with van der Waals surface area (Å²) in [6.45, 7) is 2.92. The first kappa shape index (κ1) is 14.4. The van der Waals surface area contributed by atoms with E-state index in [4.69, 9.17) is 4.74 Å². The van der Waals surface area contributed by atoms with Crippen molar-refractivity contribution in [3.63, 3.8) is 0 Å². The van der Waals surface area contributed by atoms with E-state index in [9.17, 15) is 0 Å². The lowest BCUT2D eigenvalue weighted by Gasteiger charge is -2.17. The fourth-order valence-electron chi connectivity index (χ4n) is 2.36. The quantitative estimate of drug-likeness (QED) is 0.506. The normalized spacial score (nSPS) is 16.9. The third kappa shape index (κ3) is 4.56. The number of nitrogens with zero attached hydrogens (tertiary/aromatic N) is 2. The van der Waals surface area contributed by atoms with Gasteiger partial charge in [-0.1, -0.05) is 24.6 Å². The lowest BCUT2D eigenvalue weighted by atomic mass is 10.1. The molecule has 0 saturated heterocycles. The van der Waals surface area contributed by atoms with E-state index in [1.807, 2.05) is 12.3 Å². The van der Waals surface area contributed by atoms with Gasteiger partial charge < -0.3 is 10.1 Å². The third-order valence-corrected chi connectivity index (χ3v) is 3.86. The molecule has 0 spiro atoms. The summed E-state index contributed by atoms with van der Waals surface area (Å²) in [6, 6.07) is 1.91. The van der Waals surface area contributed by atoms with E-state index < -0.39 is 0 Å². The average molecular weight is 281 g/mol. The van der Waals surface area contributed by atoms with Crippen LogP contribution in [0.15, 0.2) is 11.2 Å². The SMILES string of the molecule is CCNc1cc(OC2CCCCCC2)nc(SC)n1. The van der Waals surface area contributed by atoms with E-state index in [1.165, 1.54) is 25.7 Å². The second-order valence-electron chi connectivity index (χ2n) is 4.84. The molecule has 0 bridgehead atoms. The maximum atomic E-state index is 6.06. The molecule has 1 aliphatic carbocycles. The van der Waals surface area contributed by atoms with E-state index >= 15 is 0 Å². The van der Waals surface area contributed by atoms with Gasteiger partial charge in [-0.2, -0.15) is 4.98 Å². The van der Waals surface area contributed by atoms with Crippen LogP contribution in [-0.2, 0) is 0 Å². The van der Waals surface area contributed by atoms with E-state index in [2.05, 4.69) is 22.2 Å². The molecule has 0 amide bonds. The van der Waals surface area contributed by atoms with Gasteiger partial charge in [-0.25, -0.2) is 4.98 Å². The molecule has 0 atom stereocenters. The van der Waals surface area contributed by atoms with Crippen molar-refractivity contribution in [2.24, 2.45) is 0 Å². The summed E-state index contributed by atoms with van der Waals surface area (Å²) >= 11 is 1.55. The van der Waals surface area contributed by atoms with Crippen molar-refractivity contribution < 1.29 is 4.74 Å². The van der Waals surface area contributed by atoms with Crippen molar-refractivity contribution >= 4 is 17.6 Å². The summed E-state index contributed by atoms with van der Waals surface area (Å²) in [5.41, 5.74) is 0. The number of rotatable bonds is 5. The molecule has 0 unspecified atom stereocenters. The van der Waals surface area contributed by atoms with Crippen LogP contribution in [0, 0.1) is 0 Å². The average Bonchev–Trinajstić information content (AvgIpc) is 2.67. The Morgan fingerprint density at radius 3 is 2.63 bits per heavy atom. The van der Waals surface area contributed by atoms with E-state index in [1.54, 1.807) is 11.8 Å². The highest BCUT2D eigenvalue weighted by atomic mass is 32.2. The fourth-order valence-corrected chi connectivity index (χ4v) is 2.73. The number of hydrogen-bond acceptors (Lipinski definition) is 5. The molecule has 19 heavy (non-hydrogen) atoms. The number of ether oxygens (including phenoxy) is 1. The number of nitrogens with one attached hydrogen (secondary N) is 1. The van der Waals surface area contributed by atoms with E-state index in [0.29, 0.717) is 12.0 Å². The van der Waals surface area contributed by atoms with Gasteiger partial charge in [0.2, 0.25) is 5.88 Å². The van der Waals surface area contributed by atoms with E-state index in [-0.39, 0.29) is 0 Å². The molecule has 5 heteroatoms. The summed E-state index contributed by atoms with van der Waals surface area (Å²) in [7, 11) is 0. The Kier molecular flexibility index (Phi) is 5.76. The minimum Gasteiger partial charge on any atom is -0.474 e. The topological polar surface area (TPSA) is 47.0 Å². The van der Waals surface area contributed by atoms with Crippen LogP contribution in [0.2, 0.25) is 0 Å². The molecule has 4 nitrogen and oxygen atoms in total. The molecule has 2 rings (SSSR count). The predicted octanol–water partition coefficient (Wildman–Crippen LogP) is 3.73. The minimum absolute atomic E-state index is 0.321. The molecule has 1 heterocycles. The van der Waals surface area contributed by atoms with Crippen LogP contribution in [0.3, 0.4) is 0 Å². The third-order valence-electron chi connectivity index (χ3n) is 3.31. The van der Waals surface area contributed by atoms with Gasteiger partial charge in [-0.05, 0) is 38.9 Å². The monoisotopic (exact) mass is 281 g/mol. The van der Waals surface area contributed by atoms with Crippen LogP contribution < -0.4 is 10.1 Å². The first-order chi connectivity index (χ1) is 9.31. The fraction of sp³-hybridized carbons (Fsp3) is 0.714. The van der Waals surface area contributed by atoms with Crippen LogP contribution in [0.25, 0.3) is 0 Å². The van der Waals surface area contributed by atoms with Crippen molar-refractivity contribution in [2.75, 3.05) is 18.1 Å². The Morgan fingerprint density at radius 2 is 2.00 bits per heavy atom. The molecular formula is C14H23N3OS. The van der Waals surface area contributed by atoms with Crippen molar-refractivity contribution in [3.8, 4) is 5.88 Å². The second-order valence-corrected chi connectivity index (χ2v) is 5.61. The largest absolute Gasteiger partial charge is 0.474 e. The summed E-state index contributed by atoms with van der Waals surface area (Å²) in [5, 5.41) is 3.99. The molecule has 0 aliphatic heterocycles. The van der Waals surface area contributed by atoms with Gasteiger partial charge in [-0.3, -0.25) is 0 Å². The van der Waals surface area contributed by atoms with Gasteiger partial charge in [0.1, 0.15) is 11.9 Å². The van der Waals surface area contributed by atoms with Crippen LogP contribution >= 0.6 is 11.8 Å². The molecule has 1 aromatic heterocycles. The molecule has 1 saturated carbocycles. The van der Waals surface area contributed by atoms with E-state index in [0.717, 1.165) is 30.4 Å². The van der Waals surface area contributed by atoms with Gasteiger partial charge in [-0.15, -0.1) is 0 Å². The Bertz CT molecular complexity index is 392. The summed E-state index contributed by atoms with van der Waals surface area (Å²) < 4.78 is 6.06. The molecular weight excluding hydrogens is 258 g/mol. The zero-order valence-electron chi connectivity index (χ0n) is 11.8. The van der Waals surface area contributed by atoms with Crippen molar-refractivity contribution in [3.05, 3.63) is 6.07 Å². The van der Waals surface area contributed by atoms with Crippen LogP contribution in [0.1, 0.15) is 45.4 Å². The molecule has 1 fully saturated rings. The maximum absolute atomic E-state index is 6.06. The predicted molar refractivity (Wildman–Crippen MR) is 80.1 cm³/mol. The highest BCUT2D eigenvalue weighted by Crippen LogP contribution is 2.24. The minimum atomic E-state index is 0.321. The highest BCUT2D eigenvalue weighted by Gasteiger charge is 2.15. The van der Waals surface area contributed by atoms with Gasteiger partial charge in [0.25, 0.3) is 0 Å². The molecule has 1 aliphatic rings. The van der Waals surface area contributed by atoms with Crippen molar-refractivity contribution in [1.29, 1.82) is 0 Å². The van der Waals surface area contributed by atoms with Crippen molar-refractivity contribution in [1.82, 2.24) is 9.97 Å². The zero-order chi connectivity index (χ0) is 13.5. The van der Waals surface area contributed by atoms with Gasteiger partial charge in [0.15, 0.2) is 5.16 Å². The maximum Gasteiger partial charge on any atom is 0.219 e. The van der Waals surface area contributed by atoms with Crippen molar-refractivity contribution in [2.45, 2.75) is 56.7 Å². The smallest absolute Gasteiger partial charge is 0.219 e. The van der Waals surface area contributed by atoms with Crippen LogP contribution in [0.5, 0.6) is 5.88 Å². The Morgan fingerprint density at radius 1 is 1.26 bits per heavy atom. The van der Waals surface area contributed by atoms with Gasteiger partial charge in [0, 0.05) is 12.6 Å². The molecule has 0 radical (unpaired) electrons. The molecule has 1 aromatic rings. The summed E-state index contributed by atoms with van der Waals surface area (Å²) in [6.07, 6.45) is 9.81. The summed E-state index contributed by atoms with van der Waals surface area (Å²) in [5.74, 6) is 1.56. The highest BCUT2D eigenvalue weighted by molar-refractivity contribution is 7.98. The van der Waals surface area contributed by atoms with Gasteiger partial charge >= 0.3 is 0 Å². The lowest BCUT2D eigenvalue weighted by Crippen LogP contribution is -2.16. The van der Waals surface area contributed by atoms with Crippen LogP contribution in [-0.4, -0.2) is 28.9 Å². The Labute approximate surface area is 119 Å². The number of anilines is 1. The van der Waals surface area contributed by atoms with Crippen LogP contribution in [0.4, 0.5) is 5.82 Å². The number of hydrogen-bond donors (Lipinski definition) is 1. The second kappa shape index (κ2) is 7.58. The number of thioether (sulfide) groups is 1. The molecule has 1 N–H and O–H groups in total. The Hall–Kier alpha value is -0.970. The summed E-state index contributed by atoms with van der Waals surface area (Å²) in [4.78, 5) is 8.86. The first-order valence-electron chi connectivity index (χ1n) is 7.15. The first-order valence-corrected chi connectivity index (χ1v) is 8.38.